The summed E-state index contributed by atoms with van der Waals surface area (Å²) in [4.78, 5) is 0. The molecule has 0 saturated heterocycles. The van der Waals surface area contributed by atoms with E-state index in [1.807, 2.05) is 0 Å². The lowest BCUT2D eigenvalue weighted by atomic mass is 10.2. The molecule has 3 N–H and O–H groups in total. The van der Waals surface area contributed by atoms with Crippen molar-refractivity contribution in [3.05, 3.63) is 41.2 Å². The summed E-state index contributed by atoms with van der Waals surface area (Å²) < 4.78 is 24.1. The van der Waals surface area contributed by atoms with Gasteiger partial charge in [0.1, 0.15) is 17.3 Å². The molecule has 0 heterocycles. The van der Waals surface area contributed by atoms with Crippen LogP contribution >= 0.6 is 11.6 Å². The standard InChI is InChI=1S/C14H14ClFN2O2/c1-19-13-7-14(20-2)12(6-9(13)15)18-11-4-3-8(17)5-10(11)16/h3-7,18H,17H2,1-2H3. The predicted molar refractivity (Wildman–Crippen MR) is 78.7 cm³/mol. The molecule has 2 aromatic rings. The number of hydrogen-bond acceptors (Lipinski definition) is 4. The minimum Gasteiger partial charge on any atom is -0.495 e. The van der Waals surface area contributed by atoms with Crippen LogP contribution in [0.15, 0.2) is 30.3 Å². The van der Waals surface area contributed by atoms with Crippen molar-refractivity contribution in [2.24, 2.45) is 0 Å². The largest absolute Gasteiger partial charge is 0.495 e. The first-order valence-corrected chi connectivity index (χ1v) is 6.16. The maximum Gasteiger partial charge on any atom is 0.148 e. The highest BCUT2D eigenvalue weighted by Gasteiger charge is 2.12. The van der Waals surface area contributed by atoms with Crippen LogP contribution in [0.5, 0.6) is 11.5 Å². The van der Waals surface area contributed by atoms with E-state index in [0.29, 0.717) is 27.9 Å². The number of rotatable bonds is 4. The Morgan fingerprint density at radius 1 is 1.05 bits per heavy atom. The van der Waals surface area contributed by atoms with E-state index in [2.05, 4.69) is 5.32 Å². The number of nitrogen functional groups attached to an aromatic ring is 1. The molecule has 0 spiro atoms. The van der Waals surface area contributed by atoms with E-state index < -0.39 is 5.82 Å². The van der Waals surface area contributed by atoms with Gasteiger partial charge in [-0.3, -0.25) is 0 Å². The number of anilines is 3. The molecule has 0 bridgehead atoms. The smallest absolute Gasteiger partial charge is 0.148 e. The van der Waals surface area contributed by atoms with Gasteiger partial charge in [-0.1, -0.05) is 11.6 Å². The number of ether oxygens (including phenoxy) is 2. The highest BCUT2D eigenvalue weighted by atomic mass is 35.5. The Labute approximate surface area is 121 Å². The molecule has 2 aromatic carbocycles. The zero-order valence-corrected chi connectivity index (χ0v) is 11.8. The third-order valence-electron chi connectivity index (χ3n) is 2.74. The number of benzene rings is 2. The van der Waals surface area contributed by atoms with Gasteiger partial charge < -0.3 is 20.5 Å². The molecule has 0 radical (unpaired) electrons. The fraction of sp³-hybridized carbons (Fsp3) is 0.143. The maximum absolute atomic E-state index is 13.8. The highest BCUT2D eigenvalue weighted by Crippen LogP contribution is 2.37. The molecule has 0 aliphatic rings. The van der Waals surface area contributed by atoms with Gasteiger partial charge in [0.15, 0.2) is 0 Å². The first-order chi connectivity index (χ1) is 9.55. The summed E-state index contributed by atoms with van der Waals surface area (Å²) in [6.45, 7) is 0. The molecule has 0 unspecified atom stereocenters. The van der Waals surface area contributed by atoms with Gasteiger partial charge in [0.05, 0.1) is 30.6 Å². The minimum atomic E-state index is -0.459. The van der Waals surface area contributed by atoms with Crippen LogP contribution in [0.25, 0.3) is 0 Å². The maximum atomic E-state index is 13.8. The zero-order chi connectivity index (χ0) is 14.7. The van der Waals surface area contributed by atoms with Gasteiger partial charge in [0.2, 0.25) is 0 Å². The second kappa shape index (κ2) is 5.88. The number of halogens is 2. The molecule has 4 nitrogen and oxygen atoms in total. The molecule has 0 saturated carbocycles. The predicted octanol–water partition coefficient (Wildman–Crippen LogP) is 3.82. The molecule has 6 heteroatoms. The Hall–Kier alpha value is -2.14. The monoisotopic (exact) mass is 296 g/mol. The topological polar surface area (TPSA) is 56.5 Å². The van der Waals surface area contributed by atoms with Crippen molar-refractivity contribution in [2.75, 3.05) is 25.3 Å². The third kappa shape index (κ3) is 2.88. The van der Waals surface area contributed by atoms with E-state index in [9.17, 15) is 4.39 Å². The van der Waals surface area contributed by atoms with E-state index >= 15 is 0 Å². The molecule has 0 atom stereocenters. The number of hydrogen-bond donors (Lipinski definition) is 2. The fourth-order valence-corrected chi connectivity index (χ4v) is 1.98. The van der Waals surface area contributed by atoms with E-state index in [4.69, 9.17) is 26.8 Å². The lowest BCUT2D eigenvalue weighted by Crippen LogP contribution is -1.99. The number of methoxy groups -OCH3 is 2. The van der Waals surface area contributed by atoms with Crippen LogP contribution in [0.4, 0.5) is 21.5 Å². The van der Waals surface area contributed by atoms with Crippen LogP contribution < -0.4 is 20.5 Å². The number of nitrogens with two attached hydrogens (primary N) is 1. The van der Waals surface area contributed by atoms with Crippen LogP contribution in [0, 0.1) is 5.82 Å². The molecule has 0 aliphatic heterocycles. The van der Waals surface area contributed by atoms with Crippen LogP contribution in [-0.4, -0.2) is 14.2 Å². The molecule has 20 heavy (non-hydrogen) atoms. The molecule has 2 rings (SSSR count). The Morgan fingerprint density at radius 2 is 1.75 bits per heavy atom. The molecular weight excluding hydrogens is 283 g/mol. The minimum absolute atomic E-state index is 0.277. The second-order valence-corrected chi connectivity index (χ2v) is 4.46. The normalized spacial score (nSPS) is 10.2. The Bertz CT molecular complexity index is 635. The third-order valence-corrected chi connectivity index (χ3v) is 3.03. The molecule has 0 aromatic heterocycles. The van der Waals surface area contributed by atoms with Crippen molar-refractivity contribution < 1.29 is 13.9 Å². The van der Waals surface area contributed by atoms with Crippen molar-refractivity contribution in [2.45, 2.75) is 0 Å². The molecule has 0 fully saturated rings. The quantitative estimate of drug-likeness (QED) is 0.842. The first-order valence-electron chi connectivity index (χ1n) is 5.78. The molecule has 0 amide bonds. The average Bonchev–Trinajstić information content (AvgIpc) is 2.42. The summed E-state index contributed by atoms with van der Waals surface area (Å²) in [5, 5.41) is 3.31. The highest BCUT2D eigenvalue weighted by molar-refractivity contribution is 6.32. The van der Waals surface area contributed by atoms with E-state index in [-0.39, 0.29) is 5.69 Å². The summed E-state index contributed by atoms with van der Waals surface area (Å²) in [7, 11) is 3.01. The van der Waals surface area contributed by atoms with E-state index in [1.54, 1.807) is 24.3 Å². The van der Waals surface area contributed by atoms with Gasteiger partial charge in [0, 0.05) is 11.8 Å². The van der Waals surface area contributed by atoms with E-state index in [0.717, 1.165) is 0 Å². The lowest BCUT2D eigenvalue weighted by Gasteiger charge is -2.14. The van der Waals surface area contributed by atoms with Gasteiger partial charge in [-0.2, -0.15) is 0 Å². The van der Waals surface area contributed by atoms with Gasteiger partial charge in [-0.15, -0.1) is 0 Å². The van der Waals surface area contributed by atoms with Crippen molar-refractivity contribution in [3.8, 4) is 11.5 Å². The first kappa shape index (κ1) is 14.3. The van der Waals surface area contributed by atoms with E-state index in [1.165, 1.54) is 20.3 Å². The Balaban J connectivity index is 2.40. The van der Waals surface area contributed by atoms with Gasteiger partial charge in [-0.05, 0) is 24.3 Å². The fourth-order valence-electron chi connectivity index (χ4n) is 1.74. The van der Waals surface area contributed by atoms with Gasteiger partial charge in [-0.25, -0.2) is 4.39 Å². The summed E-state index contributed by atoms with van der Waals surface area (Å²) >= 11 is 6.06. The SMILES string of the molecule is COc1cc(OC)c(Nc2ccc(N)cc2F)cc1Cl. The van der Waals surface area contributed by atoms with Crippen molar-refractivity contribution in [1.29, 1.82) is 0 Å². The van der Waals surface area contributed by atoms with Gasteiger partial charge >= 0.3 is 0 Å². The summed E-state index contributed by atoms with van der Waals surface area (Å²) in [6.07, 6.45) is 0. The van der Waals surface area contributed by atoms with Crippen molar-refractivity contribution >= 4 is 28.7 Å². The zero-order valence-electron chi connectivity index (χ0n) is 11.0. The molecule has 106 valence electrons. The number of nitrogens with one attached hydrogen (secondary N) is 1. The van der Waals surface area contributed by atoms with Gasteiger partial charge in [0.25, 0.3) is 0 Å². The Morgan fingerprint density at radius 3 is 2.35 bits per heavy atom. The summed E-state index contributed by atoms with van der Waals surface area (Å²) in [5.41, 5.74) is 6.67. The lowest BCUT2D eigenvalue weighted by molar-refractivity contribution is 0.396. The average molecular weight is 297 g/mol. The summed E-state index contributed by atoms with van der Waals surface area (Å²) in [6, 6.07) is 7.61. The molecular formula is C14H14ClFN2O2. The summed E-state index contributed by atoms with van der Waals surface area (Å²) in [5.74, 6) is 0.508. The van der Waals surface area contributed by atoms with Crippen LogP contribution in [0.3, 0.4) is 0 Å². The van der Waals surface area contributed by atoms with Crippen LogP contribution in [0.1, 0.15) is 0 Å². The second-order valence-electron chi connectivity index (χ2n) is 4.05. The van der Waals surface area contributed by atoms with Crippen LogP contribution in [-0.2, 0) is 0 Å². The van der Waals surface area contributed by atoms with Crippen molar-refractivity contribution in [3.63, 3.8) is 0 Å². The molecule has 0 aliphatic carbocycles. The van der Waals surface area contributed by atoms with Crippen LogP contribution in [0.2, 0.25) is 5.02 Å². The Kier molecular flexibility index (Phi) is 4.20. The van der Waals surface area contributed by atoms with Crippen molar-refractivity contribution in [1.82, 2.24) is 0 Å².